The average molecular weight is 1400 g/mol. The van der Waals surface area contributed by atoms with Crippen LogP contribution in [0.2, 0.25) is 6.82 Å². The molecule has 93 heavy (non-hydrogen) atoms. The molecule has 1 amide bonds. The first-order valence-electron chi connectivity index (χ1n) is 31.0. The van der Waals surface area contributed by atoms with E-state index in [0.717, 1.165) is 35.5 Å². The predicted octanol–water partition coefficient (Wildman–Crippen LogP) is 12.7. The van der Waals surface area contributed by atoms with Crippen molar-refractivity contribution in [3.05, 3.63) is 119 Å². The Labute approximate surface area is 568 Å². The van der Waals surface area contributed by atoms with Crippen LogP contribution >= 0.6 is 12.4 Å². The van der Waals surface area contributed by atoms with Gasteiger partial charge in [-0.25, -0.2) is 38.5 Å². The van der Waals surface area contributed by atoms with Gasteiger partial charge in [-0.3, -0.25) is 4.79 Å². The van der Waals surface area contributed by atoms with Gasteiger partial charge in [0.05, 0.1) is 38.6 Å². The van der Waals surface area contributed by atoms with E-state index in [1.807, 2.05) is 79.8 Å². The van der Waals surface area contributed by atoms with E-state index >= 15 is 0 Å². The molecule has 4 aromatic carbocycles. The summed E-state index contributed by atoms with van der Waals surface area (Å²) in [5.41, 5.74) is 8.10. The summed E-state index contributed by atoms with van der Waals surface area (Å²) in [7, 11) is -8.11. The monoisotopic (exact) mass is 1400 g/mol. The van der Waals surface area contributed by atoms with Gasteiger partial charge in [0.25, 0.3) is 0 Å². The molecule has 3 N–H and O–H groups in total. The molecule has 0 spiro atoms. The SMILES string of the molecule is C1CCOC1.CNCCC(C)(C)S(=O)(=O)c1cccc(C)c1.C[B]OOCB=O.Cc1cccc(S(=O)(=O)C(C)(C)CCCC(=O)OC(C)(C)C)c1.Cc1cccc(S(=O)(=O)C(C)(C)CCN(C)C(=O)OC(C)(C)C)c1.Cc1cccc(S(=O)(=O)C(C)(C)CCN)c1.Cl. The summed E-state index contributed by atoms with van der Waals surface area (Å²) < 4.78 is 122. The van der Waals surface area contributed by atoms with Crippen LogP contribution in [0.5, 0.6) is 0 Å². The summed E-state index contributed by atoms with van der Waals surface area (Å²) in [5.74, 6) is -0.291. The van der Waals surface area contributed by atoms with Crippen molar-refractivity contribution in [2.24, 2.45) is 5.73 Å². The van der Waals surface area contributed by atoms with E-state index in [1.165, 1.54) is 25.2 Å². The molecule has 1 heterocycles. The Bertz CT molecular complexity index is 3360. The van der Waals surface area contributed by atoms with Crippen molar-refractivity contribution in [3.63, 3.8) is 0 Å². The van der Waals surface area contributed by atoms with Crippen LogP contribution in [-0.2, 0) is 72.8 Å². The third kappa shape index (κ3) is 32.4. The first kappa shape index (κ1) is 90.5. The van der Waals surface area contributed by atoms with Crippen molar-refractivity contribution in [3.8, 4) is 0 Å². The van der Waals surface area contributed by atoms with Crippen molar-refractivity contribution < 1.29 is 71.9 Å². The molecule has 0 aliphatic carbocycles. The summed E-state index contributed by atoms with van der Waals surface area (Å²) >= 11 is 0. The summed E-state index contributed by atoms with van der Waals surface area (Å²) in [4.78, 5) is 35.0. The number of amides is 1. The summed E-state index contributed by atoms with van der Waals surface area (Å²) in [6.45, 7) is 37.2. The number of carbonyl (C=O) groups is 2. The number of ether oxygens (including phenoxy) is 3. The molecule has 0 bridgehead atoms. The largest absolute Gasteiger partial charge is 0.460 e. The molecule has 26 heteroatoms. The van der Waals surface area contributed by atoms with E-state index in [1.54, 1.807) is 163 Å². The fourth-order valence-corrected chi connectivity index (χ4v) is 14.8. The fraction of sp³-hybridized carbons (Fsp3) is 0.612. The number of halogens is 1. The standard InChI is InChI=1S/C18H29NO4S.C18H28O4S.C13H21NO2S.C12H19NO2S.C4H8O.C2H5B2O3.ClH/c1-14-9-8-10-15(13-14)24(21,22)18(5,6)11-12-19(7)16(20)23-17(2,3)4;1-14-9-7-10-15(13-14)23(20,21)18(5,6)12-8-11-16(19)22-17(2,3)4;1-11-6-5-7-12(10-11)17(15,16)13(2,3)8-9-14-4;1-10-5-4-6-11(9-10)16(14,15)12(2,3)7-8-13;1-2-4-5-3-1;1-3-7-6-2-4-5;/h8-10,13H,11-12H2,1-7H3;7,9-10,13H,8,11-12H2,1-6H3;5-7,10,14H,8-9H2,1-4H3;4-6,9H,7-8,13H2,1-3H3;1-4H2;2H2,1H3;1H. The molecule has 1 radical (unpaired) electrons. The Morgan fingerprint density at radius 3 is 1.19 bits per heavy atom. The first-order valence-corrected chi connectivity index (χ1v) is 36.9. The molecule has 5 rings (SSSR count). The Balaban J connectivity index is 0. The number of nitrogens with two attached hydrogens (primary N) is 1. The van der Waals surface area contributed by atoms with Crippen LogP contribution < -0.4 is 11.1 Å². The Kier molecular flexibility index (Phi) is 39.8. The molecule has 0 saturated carbocycles. The van der Waals surface area contributed by atoms with E-state index in [-0.39, 0.29) is 31.3 Å². The van der Waals surface area contributed by atoms with Gasteiger partial charge in [-0.2, -0.15) is 0 Å². The van der Waals surface area contributed by atoms with Gasteiger partial charge < -0.3 is 30.2 Å². The third-order valence-electron chi connectivity index (χ3n) is 14.3. The predicted molar refractivity (Wildman–Crippen MR) is 378 cm³/mol. The number of esters is 1. The Hall–Kier alpha value is -4.56. The first-order chi connectivity index (χ1) is 42.1. The summed E-state index contributed by atoms with van der Waals surface area (Å²) in [6.07, 6.45) is 4.59. The number of carbonyl (C=O) groups excluding carboxylic acids is 2. The quantitative estimate of drug-likeness (QED) is 0.0217. The Morgan fingerprint density at radius 1 is 0.559 bits per heavy atom. The van der Waals surface area contributed by atoms with Gasteiger partial charge in [0.1, 0.15) is 11.2 Å². The minimum Gasteiger partial charge on any atom is -0.460 e. The van der Waals surface area contributed by atoms with Crippen molar-refractivity contribution in [2.45, 2.75) is 233 Å². The summed E-state index contributed by atoms with van der Waals surface area (Å²) in [6, 6.07) is 27.9. The molecular weight excluding hydrogens is 1290 g/mol. The molecule has 1 aliphatic rings. The smallest absolute Gasteiger partial charge is 0.410 e. The molecular formula is C67H111B2ClN3O16S4. The molecule has 0 unspecified atom stereocenters. The van der Waals surface area contributed by atoms with Crippen LogP contribution in [0.25, 0.3) is 0 Å². The molecule has 19 nitrogen and oxygen atoms in total. The van der Waals surface area contributed by atoms with Gasteiger partial charge in [0, 0.05) is 33.2 Å². The maximum Gasteiger partial charge on any atom is 0.410 e. The van der Waals surface area contributed by atoms with Crippen molar-refractivity contribution >= 4 is 78.5 Å². The van der Waals surface area contributed by atoms with Gasteiger partial charge in [-0.05, 0) is 260 Å². The van der Waals surface area contributed by atoms with Crippen LogP contribution in [-0.4, -0.2) is 149 Å². The van der Waals surface area contributed by atoms with E-state index in [9.17, 15) is 48.0 Å². The zero-order chi connectivity index (χ0) is 71.2. The maximum atomic E-state index is 12.9. The van der Waals surface area contributed by atoms with Crippen LogP contribution in [0.15, 0.2) is 117 Å². The zero-order valence-electron chi connectivity index (χ0n) is 59.4. The number of hydrogen-bond donors (Lipinski definition) is 2. The fourth-order valence-electron chi connectivity index (χ4n) is 8.28. The average Bonchev–Trinajstić information content (AvgIpc) is 0.949. The van der Waals surface area contributed by atoms with E-state index in [0.29, 0.717) is 78.5 Å². The van der Waals surface area contributed by atoms with Crippen molar-refractivity contribution in [2.75, 3.05) is 53.4 Å². The molecule has 0 atom stereocenters. The molecule has 1 fully saturated rings. The van der Waals surface area contributed by atoms with Crippen LogP contribution in [0, 0.1) is 27.7 Å². The van der Waals surface area contributed by atoms with Crippen LogP contribution in [0.1, 0.15) is 171 Å². The van der Waals surface area contributed by atoms with Crippen LogP contribution in [0.4, 0.5) is 4.79 Å². The van der Waals surface area contributed by atoms with Crippen molar-refractivity contribution in [1.82, 2.24) is 10.2 Å². The van der Waals surface area contributed by atoms with E-state index in [4.69, 9.17) is 19.9 Å². The van der Waals surface area contributed by atoms with Gasteiger partial charge in [0.15, 0.2) is 39.3 Å². The second-order valence-corrected chi connectivity index (χ2v) is 37.2. The number of rotatable bonds is 24. The second-order valence-electron chi connectivity index (χ2n) is 26.9. The maximum absolute atomic E-state index is 12.9. The number of nitrogens with zero attached hydrogens (tertiary/aromatic N) is 1. The van der Waals surface area contributed by atoms with Gasteiger partial charge in [-0.15, -0.1) is 12.4 Å². The molecule has 1 aliphatic heterocycles. The van der Waals surface area contributed by atoms with Gasteiger partial charge in [0.2, 0.25) is 0 Å². The second kappa shape index (κ2) is 40.9. The van der Waals surface area contributed by atoms with Crippen molar-refractivity contribution in [1.29, 1.82) is 0 Å². The molecule has 4 aromatic rings. The van der Waals surface area contributed by atoms with E-state index in [2.05, 4.69) is 15.0 Å². The number of aryl methyl sites for hydroxylation is 4. The zero-order valence-corrected chi connectivity index (χ0v) is 63.5. The minimum atomic E-state index is -3.50. The summed E-state index contributed by atoms with van der Waals surface area (Å²) in [5, 5.41) is 2.99. The van der Waals surface area contributed by atoms with Gasteiger partial charge in [-0.1, -0.05) is 48.5 Å². The Morgan fingerprint density at radius 2 is 0.903 bits per heavy atom. The third-order valence-corrected chi connectivity index (χ3v) is 24.4. The molecule has 0 aromatic heterocycles. The number of nitrogens with one attached hydrogen (secondary N) is 1. The number of benzene rings is 4. The number of hydrogen-bond acceptors (Lipinski definition) is 18. The minimum absolute atomic E-state index is 0. The van der Waals surface area contributed by atoms with Crippen LogP contribution in [0.3, 0.4) is 0 Å². The topological polar surface area (TPSA) is 275 Å². The number of sulfone groups is 4. The molecule has 1 saturated heterocycles. The normalized spacial score (nSPS) is 12.9. The molecule has 527 valence electrons. The van der Waals surface area contributed by atoms with Gasteiger partial charge >= 0.3 is 54.4 Å². The van der Waals surface area contributed by atoms with E-state index < -0.39 is 75.6 Å².